The summed E-state index contributed by atoms with van der Waals surface area (Å²) in [6.45, 7) is 3.05. The van der Waals surface area contributed by atoms with Gasteiger partial charge < -0.3 is 14.2 Å². The van der Waals surface area contributed by atoms with Gasteiger partial charge in [0.2, 0.25) is 0 Å². The van der Waals surface area contributed by atoms with E-state index < -0.39 is 10.0 Å². The molecule has 8 heteroatoms. The molecule has 0 aliphatic heterocycles. The average Bonchev–Trinajstić information content (AvgIpc) is 2.58. The predicted molar refractivity (Wildman–Crippen MR) is 99.9 cm³/mol. The van der Waals surface area contributed by atoms with Crippen molar-refractivity contribution >= 4 is 31.6 Å². The lowest BCUT2D eigenvalue weighted by Gasteiger charge is -2.14. The van der Waals surface area contributed by atoms with Crippen molar-refractivity contribution in [1.82, 2.24) is 0 Å². The number of methoxy groups -OCH3 is 1. The Bertz CT molecular complexity index is 793. The molecule has 0 aliphatic rings. The zero-order valence-corrected chi connectivity index (χ0v) is 16.4. The summed E-state index contributed by atoms with van der Waals surface area (Å²) in [7, 11) is -2.26. The first kappa shape index (κ1) is 19.6. The summed E-state index contributed by atoms with van der Waals surface area (Å²) in [5.41, 5.74) is 0.436. The molecule has 0 fully saturated rings. The van der Waals surface area contributed by atoms with Crippen LogP contribution in [0.1, 0.15) is 6.92 Å². The molecule has 0 radical (unpaired) electrons. The van der Waals surface area contributed by atoms with Crippen LogP contribution in [0.15, 0.2) is 51.8 Å². The standard InChI is InChI=1S/C17H20BrNO5S/c1-3-23-15-7-5-14(6-8-15)19-25(20,21)17-12-13(18)4-9-16(17)24-11-10-22-2/h4-9,12,19H,3,10-11H2,1-2H3. The third-order valence-corrected chi connectivity index (χ3v) is 5.05. The van der Waals surface area contributed by atoms with E-state index in [1.54, 1.807) is 43.5 Å². The van der Waals surface area contributed by atoms with Crippen LogP contribution in [-0.4, -0.2) is 35.3 Å². The van der Waals surface area contributed by atoms with Crippen molar-refractivity contribution in [2.45, 2.75) is 11.8 Å². The van der Waals surface area contributed by atoms with E-state index in [4.69, 9.17) is 14.2 Å². The second kappa shape index (κ2) is 9.07. The number of hydrogen-bond acceptors (Lipinski definition) is 5. The van der Waals surface area contributed by atoms with Crippen molar-refractivity contribution in [2.24, 2.45) is 0 Å². The van der Waals surface area contributed by atoms with Gasteiger partial charge in [0, 0.05) is 17.3 Å². The number of sulfonamides is 1. The summed E-state index contributed by atoms with van der Waals surface area (Å²) in [5, 5.41) is 0. The molecular formula is C17H20BrNO5S. The SMILES string of the molecule is CCOc1ccc(NS(=O)(=O)c2cc(Br)ccc2OCCOC)cc1. The van der Waals surface area contributed by atoms with Gasteiger partial charge in [-0.1, -0.05) is 15.9 Å². The van der Waals surface area contributed by atoms with E-state index in [0.717, 1.165) is 0 Å². The molecule has 0 saturated heterocycles. The second-order valence-corrected chi connectivity index (χ2v) is 7.56. The fourth-order valence-electron chi connectivity index (χ4n) is 2.04. The highest BCUT2D eigenvalue weighted by Gasteiger charge is 2.20. The molecule has 136 valence electrons. The summed E-state index contributed by atoms with van der Waals surface area (Å²) < 4.78 is 44.5. The van der Waals surface area contributed by atoms with Crippen LogP contribution in [0.3, 0.4) is 0 Å². The Hall–Kier alpha value is -1.77. The molecule has 1 N–H and O–H groups in total. The summed E-state index contributed by atoms with van der Waals surface area (Å²) >= 11 is 3.29. The lowest BCUT2D eigenvalue weighted by Crippen LogP contribution is -2.15. The fourth-order valence-corrected chi connectivity index (χ4v) is 3.79. The minimum Gasteiger partial charge on any atom is -0.494 e. The number of nitrogens with one attached hydrogen (secondary N) is 1. The van der Waals surface area contributed by atoms with Gasteiger partial charge in [0.15, 0.2) is 0 Å². The second-order valence-electron chi connectivity index (χ2n) is 5.00. The maximum absolute atomic E-state index is 12.7. The Morgan fingerprint density at radius 1 is 1.04 bits per heavy atom. The largest absolute Gasteiger partial charge is 0.494 e. The van der Waals surface area contributed by atoms with Crippen LogP contribution in [0.2, 0.25) is 0 Å². The predicted octanol–water partition coefficient (Wildman–Crippen LogP) is 3.67. The van der Waals surface area contributed by atoms with Gasteiger partial charge in [0.1, 0.15) is 23.0 Å². The molecule has 2 aromatic rings. The van der Waals surface area contributed by atoms with E-state index in [9.17, 15) is 8.42 Å². The van der Waals surface area contributed by atoms with Gasteiger partial charge in [0.25, 0.3) is 10.0 Å². The van der Waals surface area contributed by atoms with Gasteiger partial charge in [-0.2, -0.15) is 0 Å². The van der Waals surface area contributed by atoms with Gasteiger partial charge in [-0.25, -0.2) is 8.42 Å². The van der Waals surface area contributed by atoms with Crippen LogP contribution >= 0.6 is 15.9 Å². The number of halogens is 1. The van der Waals surface area contributed by atoms with E-state index in [1.165, 1.54) is 6.07 Å². The Labute approximate surface area is 156 Å². The zero-order chi connectivity index (χ0) is 18.3. The van der Waals surface area contributed by atoms with Gasteiger partial charge in [-0.15, -0.1) is 0 Å². The molecule has 0 aromatic heterocycles. The maximum Gasteiger partial charge on any atom is 0.265 e. The minimum atomic E-state index is -3.82. The third-order valence-electron chi connectivity index (χ3n) is 3.16. The first-order valence-corrected chi connectivity index (χ1v) is 9.91. The lowest BCUT2D eigenvalue weighted by atomic mass is 10.3. The minimum absolute atomic E-state index is 0.0480. The molecule has 0 aliphatic carbocycles. The average molecular weight is 430 g/mol. The topological polar surface area (TPSA) is 73.9 Å². The molecule has 6 nitrogen and oxygen atoms in total. The summed E-state index contributed by atoms with van der Waals surface area (Å²) in [5.74, 6) is 0.940. The van der Waals surface area contributed by atoms with E-state index in [2.05, 4.69) is 20.7 Å². The van der Waals surface area contributed by atoms with Crippen molar-refractivity contribution in [3.05, 3.63) is 46.9 Å². The first-order valence-electron chi connectivity index (χ1n) is 7.63. The number of hydrogen-bond donors (Lipinski definition) is 1. The normalized spacial score (nSPS) is 11.2. The molecule has 0 bridgehead atoms. The molecule has 0 unspecified atom stereocenters. The van der Waals surface area contributed by atoms with Crippen LogP contribution < -0.4 is 14.2 Å². The van der Waals surface area contributed by atoms with Crippen LogP contribution in [0.4, 0.5) is 5.69 Å². The van der Waals surface area contributed by atoms with Crippen LogP contribution in [0, 0.1) is 0 Å². The van der Waals surface area contributed by atoms with Crippen LogP contribution in [0.25, 0.3) is 0 Å². The zero-order valence-electron chi connectivity index (χ0n) is 14.0. The molecule has 0 atom stereocenters. The molecule has 2 aromatic carbocycles. The number of anilines is 1. The first-order chi connectivity index (χ1) is 12.0. The van der Waals surface area contributed by atoms with Crippen molar-refractivity contribution in [3.63, 3.8) is 0 Å². The van der Waals surface area contributed by atoms with E-state index in [1.807, 2.05) is 6.92 Å². The highest BCUT2D eigenvalue weighted by atomic mass is 79.9. The Balaban J connectivity index is 2.24. The van der Waals surface area contributed by atoms with Crippen molar-refractivity contribution in [2.75, 3.05) is 31.7 Å². The van der Waals surface area contributed by atoms with Gasteiger partial charge in [0.05, 0.1) is 13.2 Å². The van der Waals surface area contributed by atoms with Gasteiger partial charge in [-0.3, -0.25) is 4.72 Å². The quantitative estimate of drug-likeness (QED) is 0.615. The van der Waals surface area contributed by atoms with E-state index in [0.29, 0.717) is 29.1 Å². The Kier molecular flexibility index (Phi) is 7.10. The van der Waals surface area contributed by atoms with Crippen molar-refractivity contribution in [3.8, 4) is 11.5 Å². The number of ether oxygens (including phenoxy) is 3. The summed E-state index contributed by atoms with van der Waals surface area (Å²) in [6, 6.07) is 11.5. The van der Waals surface area contributed by atoms with E-state index >= 15 is 0 Å². The molecule has 0 amide bonds. The van der Waals surface area contributed by atoms with Gasteiger partial charge >= 0.3 is 0 Å². The van der Waals surface area contributed by atoms with Crippen molar-refractivity contribution in [1.29, 1.82) is 0 Å². The molecule has 0 spiro atoms. The number of benzene rings is 2. The molecule has 2 rings (SSSR count). The number of rotatable bonds is 9. The molecule has 25 heavy (non-hydrogen) atoms. The molecule has 0 heterocycles. The molecule has 0 saturated carbocycles. The third kappa shape index (κ3) is 5.62. The monoisotopic (exact) mass is 429 g/mol. The lowest BCUT2D eigenvalue weighted by molar-refractivity contribution is 0.144. The Morgan fingerprint density at radius 2 is 1.76 bits per heavy atom. The summed E-state index contributed by atoms with van der Waals surface area (Å²) in [6.07, 6.45) is 0. The van der Waals surface area contributed by atoms with Gasteiger partial charge in [-0.05, 0) is 49.4 Å². The maximum atomic E-state index is 12.7. The Morgan fingerprint density at radius 3 is 2.40 bits per heavy atom. The fraction of sp³-hybridized carbons (Fsp3) is 0.294. The summed E-state index contributed by atoms with van der Waals surface area (Å²) in [4.78, 5) is 0.0480. The van der Waals surface area contributed by atoms with Crippen LogP contribution in [0.5, 0.6) is 11.5 Å². The highest BCUT2D eigenvalue weighted by molar-refractivity contribution is 9.10. The van der Waals surface area contributed by atoms with E-state index in [-0.39, 0.29) is 17.3 Å². The van der Waals surface area contributed by atoms with Crippen molar-refractivity contribution < 1.29 is 22.6 Å². The molecular weight excluding hydrogens is 410 g/mol. The van der Waals surface area contributed by atoms with Crippen LogP contribution in [-0.2, 0) is 14.8 Å². The highest BCUT2D eigenvalue weighted by Crippen LogP contribution is 2.29. The smallest absolute Gasteiger partial charge is 0.265 e.